The van der Waals surface area contributed by atoms with Gasteiger partial charge in [0, 0.05) is 11.6 Å². The van der Waals surface area contributed by atoms with Gasteiger partial charge in [0.25, 0.3) is 10.1 Å². The van der Waals surface area contributed by atoms with Crippen molar-refractivity contribution in [3.05, 3.63) is 23.8 Å². The Kier molecular flexibility index (Phi) is 7.10. The van der Waals surface area contributed by atoms with Gasteiger partial charge < -0.3 is 14.8 Å². The molecule has 25 heavy (non-hydrogen) atoms. The van der Waals surface area contributed by atoms with Crippen molar-refractivity contribution in [2.45, 2.75) is 50.5 Å². The molecule has 0 unspecified atom stereocenters. The van der Waals surface area contributed by atoms with Crippen molar-refractivity contribution in [2.24, 2.45) is 0 Å². The molecule has 0 atom stereocenters. The Balaban J connectivity index is 2.09. The van der Waals surface area contributed by atoms with E-state index >= 15 is 0 Å². The average Bonchev–Trinajstić information content (AvgIpc) is 2.58. The van der Waals surface area contributed by atoms with Crippen LogP contribution in [0.1, 0.15) is 44.1 Å². The Labute approximate surface area is 150 Å². The van der Waals surface area contributed by atoms with Crippen LogP contribution in [0, 0.1) is 0 Å². The minimum atomic E-state index is -3.90. The Bertz CT molecular complexity index is 631. The molecule has 0 heterocycles. The fourth-order valence-electron chi connectivity index (χ4n) is 3.61. The van der Waals surface area contributed by atoms with Gasteiger partial charge in [-0.05, 0) is 49.9 Å². The fraction of sp³-hybridized carbons (Fsp3) is 0.667. The summed E-state index contributed by atoms with van der Waals surface area (Å²) in [7, 11) is -0.614. The summed E-state index contributed by atoms with van der Waals surface area (Å²) in [4.78, 5) is 0. The molecule has 2 rings (SSSR count). The van der Waals surface area contributed by atoms with E-state index in [1.165, 1.54) is 6.42 Å². The summed E-state index contributed by atoms with van der Waals surface area (Å²) in [5.41, 5.74) is 1.09. The summed E-state index contributed by atoms with van der Waals surface area (Å²) >= 11 is 0. The lowest BCUT2D eigenvalue weighted by atomic mass is 9.77. The van der Waals surface area contributed by atoms with E-state index in [2.05, 4.69) is 5.32 Å². The second kappa shape index (κ2) is 8.87. The molecule has 2 N–H and O–H groups in total. The van der Waals surface area contributed by atoms with E-state index in [0.29, 0.717) is 13.0 Å². The zero-order valence-electron chi connectivity index (χ0n) is 15.1. The smallest absolute Gasteiger partial charge is 0.264 e. The molecule has 0 bridgehead atoms. The highest BCUT2D eigenvalue weighted by molar-refractivity contribution is 7.85. The summed E-state index contributed by atoms with van der Waals surface area (Å²) < 4.78 is 41.4. The highest BCUT2D eigenvalue weighted by Gasteiger charge is 2.31. The van der Waals surface area contributed by atoms with Crippen LogP contribution in [0.4, 0.5) is 0 Å². The molecule has 6 nitrogen and oxygen atoms in total. The molecule has 0 aromatic heterocycles. The maximum atomic E-state index is 10.9. The molecule has 0 aliphatic heterocycles. The van der Waals surface area contributed by atoms with Gasteiger partial charge in [-0.15, -0.1) is 0 Å². The Morgan fingerprint density at radius 3 is 2.20 bits per heavy atom. The SMILES string of the molecule is COc1cc(CC2(NCCCS(=O)(=O)O)CCCCC2)cc(OC)c1. The molecular weight excluding hydrogens is 342 g/mol. The van der Waals surface area contributed by atoms with Gasteiger partial charge >= 0.3 is 0 Å². The molecule has 0 saturated heterocycles. The second-order valence-electron chi connectivity index (χ2n) is 6.81. The van der Waals surface area contributed by atoms with Gasteiger partial charge in [-0.2, -0.15) is 8.42 Å². The van der Waals surface area contributed by atoms with E-state index in [1.54, 1.807) is 14.2 Å². The molecule has 1 aliphatic carbocycles. The van der Waals surface area contributed by atoms with Crippen LogP contribution in [-0.2, 0) is 16.5 Å². The van der Waals surface area contributed by atoms with Gasteiger partial charge in [0.05, 0.1) is 20.0 Å². The van der Waals surface area contributed by atoms with E-state index in [4.69, 9.17) is 14.0 Å². The second-order valence-corrected chi connectivity index (χ2v) is 8.38. The maximum Gasteiger partial charge on any atom is 0.264 e. The first-order chi connectivity index (χ1) is 11.9. The summed E-state index contributed by atoms with van der Waals surface area (Å²) in [5.74, 6) is 1.33. The van der Waals surface area contributed by atoms with E-state index in [0.717, 1.165) is 49.2 Å². The van der Waals surface area contributed by atoms with Crippen LogP contribution >= 0.6 is 0 Å². The summed E-state index contributed by atoms with van der Waals surface area (Å²) in [5, 5.41) is 3.57. The van der Waals surface area contributed by atoms with Gasteiger partial charge in [0.15, 0.2) is 0 Å². The predicted octanol–water partition coefficient (Wildman–Crippen LogP) is 2.82. The zero-order valence-corrected chi connectivity index (χ0v) is 15.9. The van der Waals surface area contributed by atoms with E-state index in [-0.39, 0.29) is 11.3 Å². The molecule has 1 aromatic carbocycles. The number of rotatable bonds is 9. The third kappa shape index (κ3) is 6.49. The van der Waals surface area contributed by atoms with Crippen LogP contribution in [0.5, 0.6) is 11.5 Å². The third-order valence-electron chi connectivity index (χ3n) is 4.84. The number of methoxy groups -OCH3 is 2. The van der Waals surface area contributed by atoms with Gasteiger partial charge in [0.1, 0.15) is 11.5 Å². The zero-order chi connectivity index (χ0) is 18.3. The molecule has 0 radical (unpaired) electrons. The monoisotopic (exact) mass is 371 g/mol. The van der Waals surface area contributed by atoms with Crippen LogP contribution in [0.3, 0.4) is 0 Å². The third-order valence-corrected chi connectivity index (χ3v) is 5.65. The molecule has 0 spiro atoms. The minimum absolute atomic E-state index is 0.0468. The van der Waals surface area contributed by atoms with Gasteiger partial charge in [-0.25, -0.2) is 0 Å². The molecule has 7 heteroatoms. The van der Waals surface area contributed by atoms with Crippen molar-refractivity contribution in [3.63, 3.8) is 0 Å². The minimum Gasteiger partial charge on any atom is -0.497 e. The number of nitrogens with one attached hydrogen (secondary N) is 1. The highest BCUT2D eigenvalue weighted by atomic mass is 32.2. The number of hydrogen-bond donors (Lipinski definition) is 2. The number of benzene rings is 1. The molecule has 142 valence electrons. The topological polar surface area (TPSA) is 84.9 Å². The molecule has 1 saturated carbocycles. The van der Waals surface area contributed by atoms with E-state index in [9.17, 15) is 8.42 Å². The van der Waals surface area contributed by atoms with Crippen LogP contribution < -0.4 is 14.8 Å². The lowest BCUT2D eigenvalue weighted by Crippen LogP contribution is -2.49. The first-order valence-electron chi connectivity index (χ1n) is 8.78. The number of ether oxygens (including phenoxy) is 2. The summed E-state index contributed by atoms with van der Waals surface area (Å²) in [6.45, 7) is 0.570. The number of hydrogen-bond acceptors (Lipinski definition) is 5. The maximum absolute atomic E-state index is 10.9. The van der Waals surface area contributed by atoms with Crippen LogP contribution in [0.15, 0.2) is 18.2 Å². The Hall–Kier alpha value is -1.31. The molecule has 1 fully saturated rings. The lowest BCUT2D eigenvalue weighted by Gasteiger charge is -2.39. The molecule has 1 aliphatic rings. The van der Waals surface area contributed by atoms with Crippen LogP contribution in [-0.4, -0.2) is 45.0 Å². The standard InChI is InChI=1S/C18H29NO5S/c1-23-16-11-15(12-17(13-16)24-2)14-18(7-4-3-5-8-18)19-9-6-10-25(20,21)22/h11-13,19H,3-10,14H2,1-2H3,(H,20,21,22). The van der Waals surface area contributed by atoms with E-state index < -0.39 is 10.1 Å². The van der Waals surface area contributed by atoms with Crippen molar-refractivity contribution in [1.82, 2.24) is 5.32 Å². The quantitative estimate of drug-likeness (QED) is 0.513. The highest BCUT2D eigenvalue weighted by Crippen LogP contribution is 2.33. The van der Waals surface area contributed by atoms with Crippen molar-refractivity contribution in [3.8, 4) is 11.5 Å². The van der Waals surface area contributed by atoms with Gasteiger partial charge in [-0.3, -0.25) is 4.55 Å². The normalized spacial score (nSPS) is 17.2. The van der Waals surface area contributed by atoms with Gasteiger partial charge in [-0.1, -0.05) is 19.3 Å². The Morgan fingerprint density at radius 2 is 1.68 bits per heavy atom. The van der Waals surface area contributed by atoms with Crippen LogP contribution in [0.2, 0.25) is 0 Å². The molecular formula is C18H29NO5S. The largest absolute Gasteiger partial charge is 0.497 e. The lowest BCUT2D eigenvalue weighted by molar-refractivity contribution is 0.229. The summed E-state index contributed by atoms with van der Waals surface area (Å²) in [6.07, 6.45) is 6.90. The molecule has 1 aromatic rings. The first-order valence-corrected chi connectivity index (χ1v) is 10.4. The van der Waals surface area contributed by atoms with Crippen LogP contribution in [0.25, 0.3) is 0 Å². The Morgan fingerprint density at radius 1 is 1.08 bits per heavy atom. The molecule has 0 amide bonds. The average molecular weight is 371 g/mol. The van der Waals surface area contributed by atoms with Gasteiger partial charge in [0.2, 0.25) is 0 Å². The van der Waals surface area contributed by atoms with Crippen molar-refractivity contribution >= 4 is 10.1 Å². The fourth-order valence-corrected chi connectivity index (χ4v) is 4.12. The van der Waals surface area contributed by atoms with E-state index in [1.807, 2.05) is 18.2 Å². The van der Waals surface area contributed by atoms with Crippen molar-refractivity contribution < 1.29 is 22.4 Å². The first kappa shape index (κ1) is 20.0. The van der Waals surface area contributed by atoms with Crippen molar-refractivity contribution in [2.75, 3.05) is 26.5 Å². The predicted molar refractivity (Wildman–Crippen MR) is 98.1 cm³/mol. The van der Waals surface area contributed by atoms with Crippen molar-refractivity contribution in [1.29, 1.82) is 0 Å². The summed E-state index contributed by atoms with van der Waals surface area (Å²) in [6, 6.07) is 5.91.